The molecule has 0 fully saturated rings. The Morgan fingerprint density at radius 2 is 1.59 bits per heavy atom. The summed E-state index contributed by atoms with van der Waals surface area (Å²) < 4.78 is 50.6. The second kappa shape index (κ2) is 3.96. The molecule has 2 aromatic rings. The van der Waals surface area contributed by atoms with E-state index in [-0.39, 0.29) is 21.3 Å². The molecule has 0 aliphatic rings. The molecule has 0 aliphatic heterocycles. The van der Waals surface area contributed by atoms with Crippen LogP contribution in [-0.2, 0) is 6.18 Å². The van der Waals surface area contributed by atoms with E-state index < -0.39 is 17.6 Å². The number of hydrogen-bond donors (Lipinski definition) is 0. The monoisotopic (exact) mass is 284 g/mol. The Morgan fingerprint density at radius 3 is 2.18 bits per heavy atom. The Labute approximate surface area is 102 Å². The zero-order valence-corrected chi connectivity index (χ0v) is 9.33. The Kier molecular flexibility index (Phi) is 2.87. The van der Waals surface area contributed by atoms with Gasteiger partial charge in [0.15, 0.2) is 16.1 Å². The summed E-state index contributed by atoms with van der Waals surface area (Å²) >= 11 is 11.0. The normalized spacial score (nSPS) is 12.1. The van der Waals surface area contributed by atoms with Crippen molar-refractivity contribution >= 4 is 34.2 Å². The molecule has 0 radical (unpaired) electrons. The minimum atomic E-state index is -4.66. The van der Waals surface area contributed by atoms with Crippen molar-refractivity contribution in [3.63, 3.8) is 0 Å². The molecule has 0 aliphatic carbocycles. The van der Waals surface area contributed by atoms with Crippen LogP contribution >= 0.6 is 23.2 Å². The summed E-state index contributed by atoms with van der Waals surface area (Å²) in [6.07, 6.45) is -4.66. The molecule has 1 heterocycles. The largest absolute Gasteiger partial charge is 0.416 e. The number of hydrogen-bond acceptors (Lipinski definition) is 2. The Morgan fingerprint density at radius 1 is 1.00 bits per heavy atom. The van der Waals surface area contributed by atoms with Crippen LogP contribution in [0, 0.1) is 5.82 Å². The number of fused-ring (bicyclic) bond motifs is 1. The fraction of sp³-hybridized carbons (Fsp3) is 0.111. The Balaban J connectivity index is 2.78. The first kappa shape index (κ1) is 12.3. The number of alkyl halides is 3. The highest BCUT2D eigenvalue weighted by molar-refractivity contribution is 6.40. The van der Waals surface area contributed by atoms with E-state index in [0.29, 0.717) is 12.1 Å². The topological polar surface area (TPSA) is 25.8 Å². The maximum atomic E-state index is 13.4. The smallest absolute Gasteiger partial charge is 0.231 e. The van der Waals surface area contributed by atoms with Crippen LogP contribution in [0.4, 0.5) is 17.6 Å². The first-order valence-corrected chi connectivity index (χ1v) is 4.94. The van der Waals surface area contributed by atoms with Gasteiger partial charge in [0.25, 0.3) is 0 Å². The van der Waals surface area contributed by atoms with E-state index in [4.69, 9.17) is 23.2 Å². The highest BCUT2D eigenvalue weighted by Crippen LogP contribution is 2.33. The van der Waals surface area contributed by atoms with Crippen LogP contribution in [0.25, 0.3) is 11.0 Å². The molecule has 17 heavy (non-hydrogen) atoms. The van der Waals surface area contributed by atoms with Crippen LogP contribution in [0.5, 0.6) is 0 Å². The SMILES string of the molecule is Fc1cc(C(F)(F)F)cc2nc(Cl)c(Cl)nc12. The van der Waals surface area contributed by atoms with E-state index in [1.807, 2.05) is 0 Å². The lowest BCUT2D eigenvalue weighted by Gasteiger charge is -2.08. The molecule has 0 bridgehead atoms. The third-order valence-corrected chi connectivity index (χ3v) is 2.59. The molecule has 0 saturated heterocycles. The summed E-state index contributed by atoms with van der Waals surface area (Å²) in [6, 6.07) is 0.995. The first-order valence-electron chi connectivity index (χ1n) is 4.18. The van der Waals surface area contributed by atoms with E-state index in [1.54, 1.807) is 0 Å². The predicted octanol–water partition coefficient (Wildman–Crippen LogP) is 4.09. The standard InChI is InChI=1S/C9H2Cl2F4N2/c10-7-8(11)17-6-4(12)1-3(9(13,14)15)2-5(6)16-7/h1-2H. The van der Waals surface area contributed by atoms with Gasteiger partial charge in [-0.05, 0) is 12.1 Å². The zero-order valence-electron chi connectivity index (χ0n) is 7.82. The Hall–Kier alpha value is -1.14. The van der Waals surface area contributed by atoms with Crippen molar-refractivity contribution in [2.45, 2.75) is 6.18 Å². The summed E-state index contributed by atoms with van der Waals surface area (Å²) in [7, 11) is 0. The van der Waals surface area contributed by atoms with Gasteiger partial charge >= 0.3 is 6.18 Å². The lowest BCUT2D eigenvalue weighted by Crippen LogP contribution is -2.06. The summed E-state index contributed by atoms with van der Waals surface area (Å²) in [6.45, 7) is 0. The van der Waals surface area contributed by atoms with E-state index in [1.165, 1.54) is 0 Å². The summed E-state index contributed by atoms with van der Waals surface area (Å²) in [5, 5.41) is -0.546. The lowest BCUT2D eigenvalue weighted by atomic mass is 10.2. The van der Waals surface area contributed by atoms with Crippen LogP contribution in [0.1, 0.15) is 5.56 Å². The van der Waals surface area contributed by atoms with Gasteiger partial charge in [0, 0.05) is 0 Å². The van der Waals surface area contributed by atoms with Gasteiger partial charge in [0.1, 0.15) is 5.52 Å². The van der Waals surface area contributed by atoms with Crippen LogP contribution < -0.4 is 0 Å². The minimum Gasteiger partial charge on any atom is -0.231 e. The van der Waals surface area contributed by atoms with Crippen molar-refractivity contribution in [2.75, 3.05) is 0 Å². The summed E-state index contributed by atoms with van der Waals surface area (Å²) in [4.78, 5) is 7.07. The number of aromatic nitrogens is 2. The van der Waals surface area contributed by atoms with Gasteiger partial charge in [-0.15, -0.1) is 0 Å². The fourth-order valence-electron chi connectivity index (χ4n) is 1.24. The average Bonchev–Trinajstić information content (AvgIpc) is 2.19. The Bertz CT molecular complexity index is 598. The minimum absolute atomic E-state index is 0.266. The van der Waals surface area contributed by atoms with Crippen molar-refractivity contribution in [1.29, 1.82) is 0 Å². The second-order valence-corrected chi connectivity index (χ2v) is 3.84. The molecule has 2 rings (SSSR count). The molecule has 0 spiro atoms. The van der Waals surface area contributed by atoms with Gasteiger partial charge in [0.05, 0.1) is 11.1 Å². The van der Waals surface area contributed by atoms with E-state index in [0.717, 1.165) is 0 Å². The molecule has 0 N–H and O–H groups in total. The molecule has 2 nitrogen and oxygen atoms in total. The van der Waals surface area contributed by atoms with E-state index in [2.05, 4.69) is 9.97 Å². The van der Waals surface area contributed by atoms with Crippen LogP contribution in [0.2, 0.25) is 10.3 Å². The lowest BCUT2D eigenvalue weighted by molar-refractivity contribution is -0.137. The van der Waals surface area contributed by atoms with Crippen molar-refractivity contribution in [3.05, 3.63) is 33.8 Å². The van der Waals surface area contributed by atoms with Gasteiger partial charge < -0.3 is 0 Å². The quantitative estimate of drug-likeness (QED) is 0.681. The maximum absolute atomic E-state index is 13.4. The van der Waals surface area contributed by atoms with Crippen molar-refractivity contribution in [3.8, 4) is 0 Å². The number of nitrogens with zero attached hydrogens (tertiary/aromatic N) is 2. The highest BCUT2D eigenvalue weighted by atomic mass is 35.5. The molecule has 0 atom stereocenters. The van der Waals surface area contributed by atoms with Gasteiger partial charge in [-0.2, -0.15) is 13.2 Å². The van der Waals surface area contributed by atoms with Crippen LogP contribution in [0.15, 0.2) is 12.1 Å². The molecule has 8 heteroatoms. The molecular formula is C9H2Cl2F4N2. The van der Waals surface area contributed by atoms with Gasteiger partial charge in [-0.3, -0.25) is 0 Å². The van der Waals surface area contributed by atoms with Crippen LogP contribution in [0.3, 0.4) is 0 Å². The van der Waals surface area contributed by atoms with E-state index in [9.17, 15) is 17.6 Å². The molecule has 0 amide bonds. The van der Waals surface area contributed by atoms with Gasteiger partial charge in [-0.25, -0.2) is 14.4 Å². The number of benzene rings is 1. The third kappa shape index (κ3) is 2.28. The summed E-state index contributed by atoms with van der Waals surface area (Å²) in [5.74, 6) is -1.15. The molecule has 1 aromatic heterocycles. The molecule has 90 valence electrons. The molecule has 0 unspecified atom stereocenters. The molecule has 1 aromatic carbocycles. The molecular weight excluding hydrogens is 283 g/mol. The predicted molar refractivity (Wildman–Crippen MR) is 54.5 cm³/mol. The fourth-order valence-corrected chi connectivity index (χ4v) is 1.50. The average molecular weight is 285 g/mol. The third-order valence-electron chi connectivity index (χ3n) is 1.97. The van der Waals surface area contributed by atoms with Crippen molar-refractivity contribution < 1.29 is 17.6 Å². The zero-order chi connectivity index (χ0) is 12.8. The van der Waals surface area contributed by atoms with Gasteiger partial charge in [-0.1, -0.05) is 23.2 Å². The summed E-state index contributed by atoms with van der Waals surface area (Å²) in [5.41, 5.74) is -1.81. The van der Waals surface area contributed by atoms with E-state index >= 15 is 0 Å². The van der Waals surface area contributed by atoms with Gasteiger partial charge in [0.2, 0.25) is 0 Å². The maximum Gasteiger partial charge on any atom is 0.416 e. The number of rotatable bonds is 0. The van der Waals surface area contributed by atoms with Crippen molar-refractivity contribution in [1.82, 2.24) is 9.97 Å². The number of halogens is 6. The van der Waals surface area contributed by atoms with Crippen molar-refractivity contribution in [2.24, 2.45) is 0 Å². The van der Waals surface area contributed by atoms with Crippen LogP contribution in [-0.4, -0.2) is 9.97 Å². The highest BCUT2D eigenvalue weighted by Gasteiger charge is 2.32. The molecule has 0 saturated carbocycles. The first-order chi connectivity index (χ1) is 7.79. The second-order valence-electron chi connectivity index (χ2n) is 3.13.